The fourth-order valence-corrected chi connectivity index (χ4v) is 14.4. The van der Waals surface area contributed by atoms with Crippen LogP contribution in [0, 0.1) is 58.2 Å². The third-order valence-electron chi connectivity index (χ3n) is 13.7. The Morgan fingerprint density at radius 2 is 1.35 bits per heavy atom. The van der Waals surface area contributed by atoms with E-state index in [-0.39, 0.29) is 23.5 Å². The molecule has 5 fully saturated rings. The number of fused-ring (bicyclic) bond motifs is 5. The molecule has 0 aromatic carbocycles. The number of carbonyl (C=O) groups excluding carboxylic acids is 5. The minimum absolute atomic E-state index is 0.0711. The fraction of sp³-hybridized carbons (Fsp3) is 0.872. The van der Waals surface area contributed by atoms with Crippen LogP contribution in [0.4, 0.5) is 0 Å². The summed E-state index contributed by atoms with van der Waals surface area (Å²) < 4.78 is 24.5. The largest absolute Gasteiger partial charge is 0.459 e. The third kappa shape index (κ3) is 8.03. The van der Waals surface area contributed by atoms with Crippen molar-refractivity contribution in [1.82, 2.24) is 0 Å². The van der Waals surface area contributed by atoms with Crippen LogP contribution >= 0.6 is 23.5 Å². The summed E-state index contributed by atoms with van der Waals surface area (Å²) in [5.41, 5.74) is -1.08. The van der Waals surface area contributed by atoms with Crippen LogP contribution in [0.5, 0.6) is 0 Å². The molecular weight excluding hydrogens is 693 g/mol. The average Bonchev–Trinajstić information content (AvgIpc) is 3.63. The van der Waals surface area contributed by atoms with Crippen molar-refractivity contribution in [2.75, 3.05) is 11.5 Å². The van der Waals surface area contributed by atoms with Crippen LogP contribution < -0.4 is 0 Å². The lowest BCUT2D eigenvalue weighted by Gasteiger charge is -2.64. The number of hydrogen-bond donors (Lipinski definition) is 1. The fourth-order valence-electron chi connectivity index (χ4n) is 11.4. The number of esters is 4. The summed E-state index contributed by atoms with van der Waals surface area (Å²) in [4.78, 5) is 65.0. The van der Waals surface area contributed by atoms with Gasteiger partial charge >= 0.3 is 23.9 Å². The highest BCUT2D eigenvalue weighted by Gasteiger charge is 2.71. The van der Waals surface area contributed by atoms with Crippen molar-refractivity contribution in [1.29, 1.82) is 0 Å². The second-order valence-electron chi connectivity index (χ2n) is 17.0. The van der Waals surface area contributed by atoms with Crippen molar-refractivity contribution < 1.29 is 48.0 Å². The van der Waals surface area contributed by atoms with E-state index in [1.165, 1.54) is 39.2 Å². The monoisotopic (exact) mass is 752 g/mol. The van der Waals surface area contributed by atoms with Gasteiger partial charge in [-0.1, -0.05) is 34.6 Å². The first-order valence-corrected chi connectivity index (χ1v) is 21.1. The normalized spacial score (nSPS) is 39.6. The van der Waals surface area contributed by atoms with Crippen LogP contribution in [0.25, 0.3) is 0 Å². The molecule has 1 aliphatic heterocycles. The SMILES string of the molecule is CC(=O)O[C@@H]1[C@@H]2[C@@H](OC(C)=O)[C@H](OC(C)=O)[C@H]3[C@H]4C(=O)C[C@H]([C@H](C)[C@H](O)C[C@H](CC5SCCS5)C(C)C)[C@@]4(C)CC[C@@H]3[C@@]2(C)CC[C@H]1OC(C)=O. The number of hydrogen-bond acceptors (Lipinski definition) is 12. The van der Waals surface area contributed by atoms with E-state index in [0.29, 0.717) is 42.1 Å². The van der Waals surface area contributed by atoms with E-state index in [9.17, 15) is 29.1 Å². The standard InChI is InChI=1S/C39H60O10S2/c1-19(2)25(17-31-50-14-15-51-31)16-28(44)20(3)27-18-29(45)33-32-26(10-12-39(27,33)9)38(8)13-11-30(46-21(4)40)35(47-22(5)41)34(38)37(49-24(7)43)36(32)48-23(6)42/h19-20,25-28,30-37,44H,10-18H2,1-9H3/t20-,25+,26-,27+,28+,30+,32+,33+,34+,35-,36+,37+,38+,39+/m0/s1. The van der Waals surface area contributed by atoms with Crippen LogP contribution in [0.3, 0.4) is 0 Å². The van der Waals surface area contributed by atoms with Crippen molar-refractivity contribution in [3.05, 3.63) is 0 Å². The number of thioether (sulfide) groups is 2. The summed E-state index contributed by atoms with van der Waals surface area (Å²) in [7, 11) is 0. The Hall–Kier alpha value is -1.79. The van der Waals surface area contributed by atoms with Gasteiger partial charge < -0.3 is 24.1 Å². The van der Waals surface area contributed by atoms with E-state index >= 15 is 0 Å². The smallest absolute Gasteiger partial charge is 0.303 e. The van der Waals surface area contributed by atoms with Crippen molar-refractivity contribution in [3.8, 4) is 0 Å². The van der Waals surface area contributed by atoms with Gasteiger partial charge in [-0.15, -0.1) is 23.5 Å². The van der Waals surface area contributed by atoms with Gasteiger partial charge in [-0.3, -0.25) is 24.0 Å². The average molecular weight is 753 g/mol. The van der Waals surface area contributed by atoms with Crippen molar-refractivity contribution in [3.63, 3.8) is 0 Å². The lowest BCUT2D eigenvalue weighted by atomic mass is 9.42. The number of carbonyl (C=O) groups is 5. The van der Waals surface area contributed by atoms with E-state index in [4.69, 9.17) is 18.9 Å². The Balaban J connectivity index is 1.51. The van der Waals surface area contributed by atoms with Gasteiger partial charge in [0.2, 0.25) is 0 Å². The first-order valence-electron chi connectivity index (χ1n) is 19.0. The molecule has 51 heavy (non-hydrogen) atoms. The second kappa shape index (κ2) is 15.9. The molecule has 1 N–H and O–H groups in total. The molecule has 5 aliphatic rings. The maximum Gasteiger partial charge on any atom is 0.303 e. The summed E-state index contributed by atoms with van der Waals surface area (Å²) in [6, 6.07) is 0. The highest BCUT2D eigenvalue weighted by Crippen LogP contribution is 2.68. The maximum atomic E-state index is 14.5. The van der Waals surface area contributed by atoms with Gasteiger partial charge in [0.05, 0.1) is 10.7 Å². The molecule has 12 heteroatoms. The first-order chi connectivity index (χ1) is 23.9. The van der Waals surface area contributed by atoms with E-state index in [1.54, 1.807) is 0 Å². The van der Waals surface area contributed by atoms with Crippen LogP contribution in [0.2, 0.25) is 0 Å². The predicted octanol–water partition coefficient (Wildman–Crippen LogP) is 6.24. The van der Waals surface area contributed by atoms with Crippen LogP contribution in [-0.2, 0) is 42.9 Å². The zero-order chi connectivity index (χ0) is 37.6. The van der Waals surface area contributed by atoms with Gasteiger partial charge in [0, 0.05) is 63.4 Å². The third-order valence-corrected chi connectivity index (χ3v) is 16.7. The highest BCUT2D eigenvalue weighted by atomic mass is 32.2. The van der Waals surface area contributed by atoms with Gasteiger partial charge in [-0.25, -0.2) is 0 Å². The van der Waals surface area contributed by atoms with Crippen molar-refractivity contribution in [2.45, 2.75) is 142 Å². The summed E-state index contributed by atoms with van der Waals surface area (Å²) >= 11 is 4.04. The van der Waals surface area contributed by atoms with Gasteiger partial charge in [0.1, 0.15) is 30.2 Å². The van der Waals surface area contributed by atoms with Gasteiger partial charge in [0.25, 0.3) is 0 Å². The quantitative estimate of drug-likeness (QED) is 0.189. The molecule has 5 rings (SSSR count). The Labute approximate surface area is 312 Å². The van der Waals surface area contributed by atoms with Gasteiger partial charge in [-0.05, 0) is 78.9 Å². The highest BCUT2D eigenvalue weighted by molar-refractivity contribution is 8.20. The summed E-state index contributed by atoms with van der Waals surface area (Å²) in [6.07, 6.45) is 0.247. The Kier molecular flexibility index (Phi) is 12.6. The molecule has 0 radical (unpaired) electrons. The molecule has 0 unspecified atom stereocenters. The molecule has 0 bridgehead atoms. The molecule has 1 heterocycles. The van der Waals surface area contributed by atoms with Gasteiger partial charge in [-0.2, -0.15) is 0 Å². The number of Topliss-reactive ketones (excluding diaryl/α,β-unsaturated/α-hetero) is 1. The molecule has 0 spiro atoms. The summed E-state index contributed by atoms with van der Waals surface area (Å²) in [5, 5.41) is 11.9. The lowest BCUT2D eigenvalue weighted by molar-refractivity contribution is -0.265. The number of aliphatic hydroxyl groups excluding tert-OH is 1. The Bertz CT molecular complexity index is 1330. The first kappa shape index (κ1) is 40.4. The number of ether oxygens (including phenoxy) is 4. The van der Waals surface area contributed by atoms with Crippen LogP contribution in [0.1, 0.15) is 107 Å². The Morgan fingerprint density at radius 1 is 0.804 bits per heavy atom. The van der Waals surface area contributed by atoms with Crippen molar-refractivity contribution >= 4 is 53.2 Å². The predicted molar refractivity (Wildman–Crippen MR) is 195 cm³/mol. The number of ketones is 1. The van der Waals surface area contributed by atoms with E-state index in [2.05, 4.69) is 34.6 Å². The molecular formula is C39H60O10S2. The lowest BCUT2D eigenvalue weighted by Crippen LogP contribution is -2.70. The molecule has 4 aliphatic carbocycles. The topological polar surface area (TPSA) is 142 Å². The van der Waals surface area contributed by atoms with E-state index in [1.807, 2.05) is 23.5 Å². The van der Waals surface area contributed by atoms with E-state index in [0.717, 1.165) is 19.3 Å². The summed E-state index contributed by atoms with van der Waals surface area (Å²) in [5.74, 6) is -0.898. The Morgan fingerprint density at radius 3 is 1.92 bits per heavy atom. The van der Waals surface area contributed by atoms with E-state index < -0.39 is 83.0 Å². The molecule has 4 saturated carbocycles. The van der Waals surface area contributed by atoms with Crippen LogP contribution in [-0.4, -0.2) is 81.4 Å². The minimum Gasteiger partial charge on any atom is -0.459 e. The molecule has 288 valence electrons. The molecule has 1 saturated heterocycles. The molecule has 0 aromatic heterocycles. The number of rotatable bonds is 11. The second-order valence-corrected chi connectivity index (χ2v) is 19.9. The molecule has 0 amide bonds. The van der Waals surface area contributed by atoms with Gasteiger partial charge in [0.15, 0.2) is 0 Å². The zero-order valence-corrected chi connectivity index (χ0v) is 33.5. The maximum absolute atomic E-state index is 14.5. The minimum atomic E-state index is -1.05. The van der Waals surface area contributed by atoms with Crippen LogP contribution in [0.15, 0.2) is 0 Å². The molecule has 14 atom stereocenters. The zero-order valence-electron chi connectivity index (χ0n) is 31.9. The summed E-state index contributed by atoms with van der Waals surface area (Å²) in [6.45, 7) is 16.1. The molecule has 0 aromatic rings. The number of aliphatic hydroxyl groups is 1. The molecule has 10 nitrogen and oxygen atoms in total. The van der Waals surface area contributed by atoms with Crippen molar-refractivity contribution in [2.24, 2.45) is 58.2 Å².